The van der Waals surface area contributed by atoms with Gasteiger partial charge in [0.05, 0.1) is 32.0 Å². The molecule has 242 valence electrons. The van der Waals surface area contributed by atoms with E-state index < -0.39 is 38.8 Å². The quantitative estimate of drug-likeness (QED) is 0.185. The third-order valence-electron chi connectivity index (χ3n) is 5.88. The number of rotatable bonds is 6. The number of alkyl halides is 3. The first kappa shape index (κ1) is 35.2. The van der Waals surface area contributed by atoms with E-state index in [9.17, 15) is 47.7 Å². The lowest BCUT2D eigenvalue weighted by Gasteiger charge is -2.17. The zero-order valence-corrected chi connectivity index (χ0v) is 22.6. The topological polar surface area (TPSA) is 44.7 Å². The number of hydrogen-bond donors (Lipinski definition) is 0. The molecule has 44 heavy (non-hydrogen) atoms. The lowest BCUT2D eigenvalue weighted by atomic mass is 9.99. The van der Waals surface area contributed by atoms with Crippen LogP contribution in [0.2, 0.25) is 0 Å². The van der Waals surface area contributed by atoms with Crippen molar-refractivity contribution < 1.29 is 75.8 Å². The summed E-state index contributed by atoms with van der Waals surface area (Å²) >= 11 is 0. The summed E-state index contributed by atoms with van der Waals surface area (Å²) in [6.45, 7) is 1.87. The van der Waals surface area contributed by atoms with Crippen LogP contribution in [0.5, 0.6) is 0 Å². The molecule has 0 atom stereocenters. The van der Waals surface area contributed by atoms with Gasteiger partial charge in [0.2, 0.25) is 24.0 Å². The van der Waals surface area contributed by atoms with Gasteiger partial charge in [0.25, 0.3) is 0 Å². The van der Waals surface area contributed by atoms with Gasteiger partial charge in [0.15, 0.2) is 25.5 Å². The first-order valence-corrected chi connectivity index (χ1v) is 12.9. The summed E-state index contributed by atoms with van der Waals surface area (Å²) in [4.78, 5) is 0. The highest BCUT2D eigenvalue weighted by atomic mass is 19.5. The molecular weight excluding hydrogens is 623 g/mol. The molecule has 19 heteroatoms. The van der Waals surface area contributed by atoms with Crippen molar-refractivity contribution in [2.75, 3.05) is 26.4 Å². The van der Waals surface area contributed by atoms with Gasteiger partial charge in [-0.15, -0.1) is 0 Å². The third kappa shape index (κ3) is 11.7. The van der Waals surface area contributed by atoms with Crippen LogP contribution in [0.3, 0.4) is 0 Å². The van der Waals surface area contributed by atoms with Crippen LogP contribution >= 0.6 is 0 Å². The van der Waals surface area contributed by atoms with Crippen LogP contribution in [0.1, 0.15) is 40.7 Å². The van der Waals surface area contributed by atoms with E-state index in [1.165, 1.54) is 12.1 Å². The van der Waals surface area contributed by atoms with Crippen LogP contribution < -0.4 is 9.13 Å². The second kappa shape index (κ2) is 15.1. The van der Waals surface area contributed by atoms with Crippen LogP contribution in [-0.4, -0.2) is 40.9 Å². The highest BCUT2D eigenvalue weighted by Crippen LogP contribution is 2.35. The first-order valence-electron chi connectivity index (χ1n) is 12.9. The predicted octanol–water partition coefficient (Wildman–Crippen LogP) is 6.07. The van der Waals surface area contributed by atoms with Crippen LogP contribution in [0.4, 0.5) is 47.7 Å². The number of benzene rings is 1. The number of aromatic nitrogens is 2. The van der Waals surface area contributed by atoms with Crippen molar-refractivity contribution in [1.29, 1.82) is 0 Å². The zero-order chi connectivity index (χ0) is 32.5. The van der Waals surface area contributed by atoms with Crippen LogP contribution in [-0.2, 0) is 38.2 Å². The summed E-state index contributed by atoms with van der Waals surface area (Å²) in [7, 11) is -12.0. The number of nitrogens with zero attached hydrogens (tertiary/aromatic N) is 2. The standard InChI is InChI=1S/C25H25F3N2O4.2BF4/c26-25(27,28)22-18(16-29-10-3-1-8-20(29)23-31-12-13-32-23)6-5-7-19(22)17-30-11-4-2-9-21(30)24-33-14-15-34-24;2*2-1(3,4)5/h1-11,23-24H,12-17H2;;/q+2;2*-1. The van der Waals surface area contributed by atoms with Gasteiger partial charge < -0.3 is 53.5 Å². The Morgan fingerprint density at radius 1 is 0.568 bits per heavy atom. The van der Waals surface area contributed by atoms with E-state index in [4.69, 9.17) is 18.9 Å². The van der Waals surface area contributed by atoms with Crippen LogP contribution in [0.25, 0.3) is 0 Å². The Balaban J connectivity index is 0.000000461. The molecule has 0 amide bonds. The van der Waals surface area contributed by atoms with Gasteiger partial charge in [-0.05, 0) is 12.1 Å². The maximum atomic E-state index is 14.4. The molecule has 0 bridgehead atoms. The fraction of sp³-hybridized carbons (Fsp3) is 0.360. The number of pyridine rings is 2. The summed E-state index contributed by atoms with van der Waals surface area (Å²) in [5, 5.41) is 0. The SMILES string of the molecule is FC(F)(F)c1c(C[n+]2ccccc2C2OCCO2)cccc1C[n+]1ccccc1C1OCCO1.F[B-](F)(F)F.F[B-](F)(F)F. The summed E-state index contributed by atoms with van der Waals surface area (Å²) in [5.74, 6) is 0. The summed E-state index contributed by atoms with van der Waals surface area (Å²) in [6, 6.07) is 15.5. The Morgan fingerprint density at radius 2 is 0.909 bits per heavy atom. The van der Waals surface area contributed by atoms with Gasteiger partial charge >= 0.3 is 20.7 Å². The zero-order valence-electron chi connectivity index (χ0n) is 22.6. The van der Waals surface area contributed by atoms with E-state index in [0.29, 0.717) is 37.8 Å². The molecule has 2 aliphatic heterocycles. The van der Waals surface area contributed by atoms with Crippen molar-refractivity contribution in [3.63, 3.8) is 0 Å². The van der Waals surface area contributed by atoms with Gasteiger partial charge in [-0.1, -0.05) is 18.2 Å². The highest BCUT2D eigenvalue weighted by molar-refractivity contribution is 6.50. The van der Waals surface area contributed by atoms with E-state index in [2.05, 4.69) is 0 Å². The van der Waals surface area contributed by atoms with E-state index in [1.54, 1.807) is 51.9 Å². The lowest BCUT2D eigenvalue weighted by Crippen LogP contribution is -2.42. The molecule has 0 radical (unpaired) electrons. The first-order chi connectivity index (χ1) is 20.5. The minimum atomic E-state index is -6.00. The van der Waals surface area contributed by atoms with Gasteiger partial charge in [-0.3, -0.25) is 0 Å². The Labute approximate surface area is 244 Å². The molecule has 2 aromatic heterocycles. The minimum Gasteiger partial charge on any atom is -0.418 e. The minimum absolute atomic E-state index is 0.0310. The number of halogens is 11. The Morgan fingerprint density at radius 3 is 1.23 bits per heavy atom. The van der Waals surface area contributed by atoms with Crippen molar-refractivity contribution in [1.82, 2.24) is 0 Å². The Hall–Kier alpha value is -3.28. The second-order valence-corrected chi connectivity index (χ2v) is 9.09. The van der Waals surface area contributed by atoms with E-state index in [-0.39, 0.29) is 24.2 Å². The normalized spacial score (nSPS) is 16.2. The fourth-order valence-corrected chi connectivity index (χ4v) is 4.40. The molecular formula is C25H25B2F11N2O4. The lowest BCUT2D eigenvalue weighted by molar-refractivity contribution is -0.703. The van der Waals surface area contributed by atoms with Gasteiger partial charge in [0, 0.05) is 35.4 Å². The van der Waals surface area contributed by atoms with Crippen LogP contribution in [0.15, 0.2) is 67.0 Å². The molecule has 5 rings (SSSR count). The molecule has 0 spiro atoms. The molecule has 0 aliphatic carbocycles. The van der Waals surface area contributed by atoms with Crippen molar-refractivity contribution in [2.24, 2.45) is 0 Å². The molecule has 4 heterocycles. The summed E-state index contributed by atoms with van der Waals surface area (Å²) in [5.41, 5.74) is 1.06. The monoisotopic (exact) mass is 648 g/mol. The summed E-state index contributed by atoms with van der Waals surface area (Å²) < 4.78 is 147. The van der Waals surface area contributed by atoms with Crippen molar-refractivity contribution in [2.45, 2.75) is 31.8 Å². The van der Waals surface area contributed by atoms with E-state index in [1.807, 2.05) is 12.1 Å². The average Bonchev–Trinajstić information content (AvgIpc) is 3.62. The van der Waals surface area contributed by atoms with Crippen molar-refractivity contribution >= 4 is 14.5 Å². The third-order valence-corrected chi connectivity index (χ3v) is 5.88. The Kier molecular flexibility index (Phi) is 12.1. The smallest absolute Gasteiger partial charge is 0.418 e. The van der Waals surface area contributed by atoms with E-state index in [0.717, 1.165) is 0 Å². The maximum absolute atomic E-state index is 14.4. The fourth-order valence-electron chi connectivity index (χ4n) is 4.40. The van der Waals surface area contributed by atoms with Crippen LogP contribution in [0, 0.1) is 0 Å². The molecule has 6 nitrogen and oxygen atoms in total. The molecule has 3 aromatic rings. The maximum Gasteiger partial charge on any atom is 0.673 e. The predicted molar refractivity (Wildman–Crippen MR) is 133 cm³/mol. The molecule has 2 aliphatic rings. The van der Waals surface area contributed by atoms with Gasteiger partial charge in [0.1, 0.15) is 0 Å². The molecule has 0 N–H and O–H groups in total. The Bertz CT molecular complexity index is 1240. The molecule has 0 saturated carbocycles. The highest BCUT2D eigenvalue weighted by Gasteiger charge is 2.39. The average molecular weight is 648 g/mol. The van der Waals surface area contributed by atoms with Crippen molar-refractivity contribution in [3.8, 4) is 0 Å². The summed E-state index contributed by atoms with van der Waals surface area (Å²) in [6.07, 6.45) is -2.23. The molecule has 1 aromatic carbocycles. The second-order valence-electron chi connectivity index (χ2n) is 9.09. The molecule has 2 saturated heterocycles. The number of hydrogen-bond acceptors (Lipinski definition) is 4. The molecule has 0 unspecified atom stereocenters. The van der Waals surface area contributed by atoms with Crippen molar-refractivity contribution in [3.05, 3.63) is 95.1 Å². The molecule has 2 fully saturated rings. The van der Waals surface area contributed by atoms with Gasteiger partial charge in [-0.2, -0.15) is 22.3 Å². The number of ether oxygens (including phenoxy) is 4. The largest absolute Gasteiger partial charge is 0.673 e. The van der Waals surface area contributed by atoms with Gasteiger partial charge in [-0.25, -0.2) is 0 Å². The van der Waals surface area contributed by atoms with E-state index >= 15 is 0 Å².